The summed E-state index contributed by atoms with van der Waals surface area (Å²) >= 11 is 7.70. The highest BCUT2D eigenvalue weighted by Crippen LogP contribution is 2.31. The number of anilines is 1. The highest BCUT2D eigenvalue weighted by atomic mass is 35.5. The molecule has 4 heteroatoms. The number of benzene rings is 2. The number of nitrogens with zero attached hydrogens (tertiary/aromatic N) is 1. The van der Waals surface area contributed by atoms with Crippen LogP contribution >= 0.6 is 23.4 Å². The summed E-state index contributed by atoms with van der Waals surface area (Å²) < 4.78 is 0. The molecule has 0 fully saturated rings. The molecule has 0 unspecified atom stereocenters. The second-order valence-electron chi connectivity index (χ2n) is 3.79. The first-order chi connectivity index (χ1) is 8.69. The average molecular weight is 275 g/mol. The lowest BCUT2D eigenvalue weighted by Crippen LogP contribution is -1.87. The number of rotatable bonds is 3. The highest BCUT2D eigenvalue weighted by Gasteiger charge is 2.03. The lowest BCUT2D eigenvalue weighted by atomic mass is 10.2. The van der Waals surface area contributed by atoms with Gasteiger partial charge in [0.1, 0.15) is 0 Å². The molecule has 0 aliphatic rings. The molecule has 0 atom stereocenters. The number of nitriles is 1. The van der Waals surface area contributed by atoms with Crippen molar-refractivity contribution < 1.29 is 0 Å². The van der Waals surface area contributed by atoms with E-state index in [9.17, 15) is 0 Å². The standard InChI is InChI=1S/C14H11ClN2S/c15-13-5-4-12(17)7-14(13)18-9-11-3-1-2-10(6-11)8-16/h1-7H,9,17H2. The Labute approximate surface area is 115 Å². The van der Waals surface area contributed by atoms with Crippen molar-refractivity contribution >= 4 is 29.1 Å². The van der Waals surface area contributed by atoms with Crippen LogP contribution in [0.4, 0.5) is 5.69 Å². The molecule has 0 radical (unpaired) electrons. The largest absolute Gasteiger partial charge is 0.399 e. The molecule has 2 nitrogen and oxygen atoms in total. The van der Waals surface area contributed by atoms with Gasteiger partial charge in [0.2, 0.25) is 0 Å². The summed E-state index contributed by atoms with van der Waals surface area (Å²) in [5, 5.41) is 9.53. The van der Waals surface area contributed by atoms with Gasteiger partial charge in [0, 0.05) is 16.3 Å². The molecule has 0 amide bonds. The summed E-state index contributed by atoms with van der Waals surface area (Å²) in [5.74, 6) is 0.763. The number of nitrogen functional groups attached to an aromatic ring is 1. The predicted octanol–water partition coefficient (Wildman–Crippen LogP) is 4.09. The van der Waals surface area contributed by atoms with E-state index in [2.05, 4.69) is 6.07 Å². The molecule has 2 rings (SSSR count). The van der Waals surface area contributed by atoms with Crippen LogP contribution in [-0.2, 0) is 5.75 Å². The quantitative estimate of drug-likeness (QED) is 0.677. The Bertz CT molecular complexity index is 605. The molecule has 0 bridgehead atoms. The van der Waals surface area contributed by atoms with Gasteiger partial charge in [0.15, 0.2) is 0 Å². The third kappa shape index (κ3) is 3.19. The first-order valence-corrected chi connectivity index (χ1v) is 6.72. The van der Waals surface area contributed by atoms with E-state index in [1.807, 2.05) is 24.3 Å². The zero-order valence-corrected chi connectivity index (χ0v) is 11.1. The third-order valence-corrected chi connectivity index (χ3v) is 3.97. The number of hydrogen-bond acceptors (Lipinski definition) is 3. The van der Waals surface area contributed by atoms with Crippen molar-refractivity contribution in [1.82, 2.24) is 0 Å². The van der Waals surface area contributed by atoms with Crippen molar-refractivity contribution in [2.24, 2.45) is 0 Å². The summed E-state index contributed by atoms with van der Waals surface area (Å²) in [7, 11) is 0. The van der Waals surface area contributed by atoms with Gasteiger partial charge in [-0.05, 0) is 35.9 Å². The molecule has 0 aromatic heterocycles. The second-order valence-corrected chi connectivity index (χ2v) is 5.22. The minimum Gasteiger partial charge on any atom is -0.399 e. The van der Waals surface area contributed by atoms with Crippen LogP contribution in [0.1, 0.15) is 11.1 Å². The molecule has 2 N–H and O–H groups in total. The molecular weight excluding hydrogens is 264 g/mol. The minimum absolute atomic E-state index is 0.673. The van der Waals surface area contributed by atoms with Crippen molar-refractivity contribution in [1.29, 1.82) is 5.26 Å². The van der Waals surface area contributed by atoms with Crippen molar-refractivity contribution in [3.05, 3.63) is 58.6 Å². The number of halogens is 1. The Hall–Kier alpha value is -1.63. The van der Waals surface area contributed by atoms with E-state index in [0.717, 1.165) is 16.2 Å². The van der Waals surface area contributed by atoms with Gasteiger partial charge >= 0.3 is 0 Å². The fourth-order valence-electron chi connectivity index (χ4n) is 1.52. The number of nitrogens with two attached hydrogens (primary N) is 1. The van der Waals surface area contributed by atoms with Gasteiger partial charge in [-0.25, -0.2) is 0 Å². The molecule has 90 valence electrons. The zero-order valence-electron chi connectivity index (χ0n) is 9.56. The van der Waals surface area contributed by atoms with Crippen LogP contribution in [0.5, 0.6) is 0 Å². The molecule has 0 spiro atoms. The smallest absolute Gasteiger partial charge is 0.0991 e. The Kier molecular flexibility index (Phi) is 4.14. The normalized spacial score (nSPS) is 10.0. The van der Waals surface area contributed by atoms with Crippen LogP contribution in [-0.4, -0.2) is 0 Å². The van der Waals surface area contributed by atoms with E-state index in [-0.39, 0.29) is 0 Å². The SMILES string of the molecule is N#Cc1cccc(CSc2cc(N)ccc2Cl)c1. The van der Waals surface area contributed by atoms with Gasteiger partial charge in [-0.2, -0.15) is 5.26 Å². The lowest BCUT2D eigenvalue weighted by Gasteiger charge is -2.05. The topological polar surface area (TPSA) is 49.8 Å². The monoisotopic (exact) mass is 274 g/mol. The predicted molar refractivity (Wildman–Crippen MR) is 76.6 cm³/mol. The summed E-state index contributed by atoms with van der Waals surface area (Å²) in [6, 6.07) is 15.1. The van der Waals surface area contributed by atoms with Crippen molar-refractivity contribution in [2.45, 2.75) is 10.6 Å². The van der Waals surface area contributed by atoms with E-state index >= 15 is 0 Å². The molecule has 0 heterocycles. The van der Waals surface area contributed by atoms with Crippen LogP contribution in [0.3, 0.4) is 0 Å². The van der Waals surface area contributed by atoms with Crippen LogP contribution < -0.4 is 5.73 Å². The fourth-order valence-corrected chi connectivity index (χ4v) is 2.73. The van der Waals surface area contributed by atoms with Crippen LogP contribution in [0.15, 0.2) is 47.4 Å². The van der Waals surface area contributed by atoms with E-state index in [1.165, 1.54) is 0 Å². The summed E-state index contributed by atoms with van der Waals surface area (Å²) in [5.41, 5.74) is 8.20. The molecule has 0 saturated carbocycles. The van der Waals surface area contributed by atoms with Crippen molar-refractivity contribution in [2.75, 3.05) is 5.73 Å². The number of thioether (sulfide) groups is 1. The molecule has 2 aromatic carbocycles. The Morgan fingerprint density at radius 3 is 2.83 bits per heavy atom. The van der Waals surface area contributed by atoms with Crippen LogP contribution in [0.25, 0.3) is 0 Å². The van der Waals surface area contributed by atoms with E-state index in [4.69, 9.17) is 22.6 Å². The first kappa shape index (κ1) is 12.8. The first-order valence-electron chi connectivity index (χ1n) is 5.36. The van der Waals surface area contributed by atoms with Crippen LogP contribution in [0.2, 0.25) is 5.02 Å². The maximum Gasteiger partial charge on any atom is 0.0991 e. The second kappa shape index (κ2) is 5.81. The average Bonchev–Trinajstić information content (AvgIpc) is 2.40. The van der Waals surface area contributed by atoms with Gasteiger partial charge in [0.05, 0.1) is 16.7 Å². The van der Waals surface area contributed by atoms with Gasteiger partial charge in [0.25, 0.3) is 0 Å². The van der Waals surface area contributed by atoms with Gasteiger partial charge in [-0.1, -0.05) is 23.7 Å². The molecule has 0 aliphatic heterocycles. The number of hydrogen-bond donors (Lipinski definition) is 1. The summed E-state index contributed by atoms with van der Waals surface area (Å²) in [6.45, 7) is 0. The van der Waals surface area contributed by atoms with Crippen molar-refractivity contribution in [3.63, 3.8) is 0 Å². The maximum absolute atomic E-state index is 8.83. The third-order valence-electron chi connectivity index (χ3n) is 2.41. The molecule has 0 saturated heterocycles. The molecule has 18 heavy (non-hydrogen) atoms. The zero-order chi connectivity index (χ0) is 13.0. The van der Waals surface area contributed by atoms with E-state index in [0.29, 0.717) is 16.3 Å². The van der Waals surface area contributed by atoms with Gasteiger partial charge in [-0.3, -0.25) is 0 Å². The van der Waals surface area contributed by atoms with Crippen LogP contribution in [0, 0.1) is 11.3 Å². The Balaban J connectivity index is 2.11. The maximum atomic E-state index is 8.83. The Morgan fingerprint density at radius 1 is 1.22 bits per heavy atom. The van der Waals surface area contributed by atoms with Crippen molar-refractivity contribution in [3.8, 4) is 6.07 Å². The fraction of sp³-hybridized carbons (Fsp3) is 0.0714. The van der Waals surface area contributed by atoms with E-state index in [1.54, 1.807) is 30.0 Å². The Morgan fingerprint density at radius 2 is 2.06 bits per heavy atom. The molecular formula is C14H11ClN2S. The highest BCUT2D eigenvalue weighted by molar-refractivity contribution is 7.98. The van der Waals surface area contributed by atoms with Gasteiger partial charge < -0.3 is 5.73 Å². The van der Waals surface area contributed by atoms with E-state index < -0.39 is 0 Å². The molecule has 0 aliphatic carbocycles. The lowest BCUT2D eigenvalue weighted by molar-refractivity contribution is 1.36. The summed E-state index contributed by atoms with van der Waals surface area (Å²) in [4.78, 5) is 0.957. The minimum atomic E-state index is 0.673. The van der Waals surface area contributed by atoms with Gasteiger partial charge in [-0.15, -0.1) is 11.8 Å². The molecule has 2 aromatic rings. The summed E-state index contributed by atoms with van der Waals surface area (Å²) in [6.07, 6.45) is 0.